The number of hydrogen-bond acceptors (Lipinski definition) is 2. The number of nitriles is 1. The van der Waals surface area contributed by atoms with E-state index >= 15 is 0 Å². The summed E-state index contributed by atoms with van der Waals surface area (Å²) in [5.74, 6) is 0. The van der Waals surface area contributed by atoms with Crippen molar-refractivity contribution < 1.29 is 0 Å². The number of hydrogen-bond donors (Lipinski definition) is 1. The Hall–Kier alpha value is -2.60. The zero-order valence-electron chi connectivity index (χ0n) is 9.72. The number of nitrogens with one attached hydrogen (secondary N) is 1. The van der Waals surface area contributed by atoms with Gasteiger partial charge in [-0.1, -0.05) is 30.3 Å². The van der Waals surface area contributed by atoms with Crippen molar-refractivity contribution in [2.45, 2.75) is 6.42 Å². The van der Waals surface area contributed by atoms with Gasteiger partial charge in [0.15, 0.2) is 0 Å². The lowest BCUT2D eigenvalue weighted by Crippen LogP contribution is -1.86. The van der Waals surface area contributed by atoms with Gasteiger partial charge in [0.25, 0.3) is 0 Å². The quantitative estimate of drug-likeness (QED) is 0.738. The Morgan fingerprint density at radius 3 is 2.78 bits per heavy atom. The average Bonchev–Trinajstić information content (AvgIpc) is 2.85. The maximum absolute atomic E-state index is 8.90. The SMILES string of the molecule is N#CCc1ccnc2[nH]cc(-c3ccccc3)c12. The highest BCUT2D eigenvalue weighted by molar-refractivity contribution is 5.96. The Bertz CT molecular complexity index is 720. The molecule has 86 valence electrons. The fraction of sp³-hybridized carbons (Fsp3) is 0.0667. The summed E-state index contributed by atoms with van der Waals surface area (Å²) in [7, 11) is 0. The molecule has 0 saturated carbocycles. The maximum Gasteiger partial charge on any atom is 0.138 e. The van der Waals surface area contributed by atoms with Gasteiger partial charge < -0.3 is 4.98 Å². The van der Waals surface area contributed by atoms with E-state index in [1.54, 1.807) is 6.20 Å². The zero-order valence-corrected chi connectivity index (χ0v) is 9.72. The summed E-state index contributed by atoms with van der Waals surface area (Å²) in [5.41, 5.74) is 4.09. The van der Waals surface area contributed by atoms with Crippen molar-refractivity contribution in [2.75, 3.05) is 0 Å². The highest BCUT2D eigenvalue weighted by Crippen LogP contribution is 2.30. The van der Waals surface area contributed by atoms with Crippen molar-refractivity contribution in [2.24, 2.45) is 0 Å². The molecule has 2 heterocycles. The normalized spacial score (nSPS) is 10.4. The van der Waals surface area contributed by atoms with Crippen LogP contribution in [0, 0.1) is 11.3 Å². The van der Waals surface area contributed by atoms with Crippen LogP contribution in [0.15, 0.2) is 48.8 Å². The summed E-state index contributed by atoms with van der Waals surface area (Å²) in [6, 6.07) is 14.2. The lowest BCUT2D eigenvalue weighted by atomic mass is 10.0. The first kappa shape index (κ1) is 10.5. The van der Waals surface area contributed by atoms with Crippen molar-refractivity contribution in [1.82, 2.24) is 9.97 Å². The van der Waals surface area contributed by atoms with Gasteiger partial charge in [-0.05, 0) is 17.2 Å². The summed E-state index contributed by atoms with van der Waals surface area (Å²) in [5, 5.41) is 9.94. The first-order valence-corrected chi connectivity index (χ1v) is 5.77. The molecule has 1 N–H and O–H groups in total. The first-order chi connectivity index (χ1) is 8.90. The van der Waals surface area contributed by atoms with Crippen LogP contribution in [0.2, 0.25) is 0 Å². The number of aromatic nitrogens is 2. The fourth-order valence-electron chi connectivity index (χ4n) is 2.20. The van der Waals surface area contributed by atoms with Crippen LogP contribution in [-0.4, -0.2) is 9.97 Å². The molecule has 3 rings (SSSR count). The Kier molecular flexibility index (Phi) is 2.54. The molecule has 0 atom stereocenters. The Morgan fingerprint density at radius 2 is 2.00 bits per heavy atom. The molecule has 0 fully saturated rings. The third kappa shape index (κ3) is 1.64. The molecule has 0 bridgehead atoms. The lowest BCUT2D eigenvalue weighted by molar-refractivity contribution is 1.25. The van der Waals surface area contributed by atoms with Crippen molar-refractivity contribution in [3.05, 3.63) is 54.4 Å². The summed E-state index contributed by atoms with van der Waals surface area (Å²) < 4.78 is 0. The van der Waals surface area contributed by atoms with Crippen LogP contribution in [0.1, 0.15) is 5.56 Å². The molecular weight excluding hydrogens is 222 g/mol. The van der Waals surface area contributed by atoms with Gasteiger partial charge in [-0.2, -0.15) is 5.26 Å². The van der Waals surface area contributed by atoms with Crippen molar-refractivity contribution >= 4 is 11.0 Å². The average molecular weight is 233 g/mol. The summed E-state index contributed by atoms with van der Waals surface area (Å²) in [6.07, 6.45) is 4.09. The Labute approximate surface area is 105 Å². The third-order valence-corrected chi connectivity index (χ3v) is 3.01. The van der Waals surface area contributed by atoms with Gasteiger partial charge in [-0.25, -0.2) is 4.98 Å². The highest BCUT2D eigenvalue weighted by atomic mass is 14.8. The minimum Gasteiger partial charge on any atom is -0.346 e. The van der Waals surface area contributed by atoms with E-state index in [0.29, 0.717) is 6.42 Å². The topological polar surface area (TPSA) is 52.5 Å². The van der Waals surface area contributed by atoms with Crippen molar-refractivity contribution in [3.63, 3.8) is 0 Å². The number of fused-ring (bicyclic) bond motifs is 1. The van der Waals surface area contributed by atoms with E-state index in [1.165, 1.54) is 0 Å². The second-order valence-corrected chi connectivity index (χ2v) is 4.10. The van der Waals surface area contributed by atoms with Crippen LogP contribution in [0.25, 0.3) is 22.2 Å². The first-order valence-electron chi connectivity index (χ1n) is 5.77. The number of aromatic amines is 1. The monoisotopic (exact) mass is 233 g/mol. The molecule has 1 aromatic carbocycles. The minimum atomic E-state index is 0.400. The largest absolute Gasteiger partial charge is 0.346 e. The van der Waals surface area contributed by atoms with Crippen LogP contribution in [0.3, 0.4) is 0 Å². The maximum atomic E-state index is 8.90. The van der Waals surface area contributed by atoms with Gasteiger partial charge in [-0.15, -0.1) is 0 Å². The summed E-state index contributed by atoms with van der Waals surface area (Å²) >= 11 is 0. The molecule has 0 saturated heterocycles. The zero-order chi connectivity index (χ0) is 12.4. The molecule has 3 aromatic rings. The number of H-pyrrole nitrogens is 1. The predicted molar refractivity (Wildman–Crippen MR) is 70.8 cm³/mol. The van der Waals surface area contributed by atoms with Crippen LogP contribution in [-0.2, 0) is 6.42 Å². The molecule has 0 aliphatic heterocycles. The third-order valence-electron chi connectivity index (χ3n) is 3.01. The molecular formula is C15H11N3. The van der Waals surface area contributed by atoms with Gasteiger partial charge in [0.1, 0.15) is 5.65 Å². The van der Waals surface area contributed by atoms with Crippen molar-refractivity contribution in [1.29, 1.82) is 5.26 Å². The van der Waals surface area contributed by atoms with E-state index in [-0.39, 0.29) is 0 Å². The van der Waals surface area contributed by atoms with Gasteiger partial charge in [0, 0.05) is 23.3 Å². The molecule has 0 unspecified atom stereocenters. The Morgan fingerprint density at radius 1 is 1.17 bits per heavy atom. The van der Waals surface area contributed by atoms with E-state index in [1.807, 2.05) is 30.5 Å². The molecule has 0 amide bonds. The molecule has 0 aliphatic carbocycles. The van der Waals surface area contributed by atoms with Crippen LogP contribution in [0.4, 0.5) is 0 Å². The van der Waals surface area contributed by atoms with E-state index in [9.17, 15) is 0 Å². The molecule has 3 heteroatoms. The van der Waals surface area contributed by atoms with Gasteiger partial charge in [-0.3, -0.25) is 0 Å². The molecule has 18 heavy (non-hydrogen) atoms. The van der Waals surface area contributed by atoms with E-state index < -0.39 is 0 Å². The second kappa shape index (κ2) is 4.34. The molecule has 0 aliphatic rings. The van der Waals surface area contributed by atoms with Crippen molar-refractivity contribution in [3.8, 4) is 17.2 Å². The molecule has 3 nitrogen and oxygen atoms in total. The van der Waals surface area contributed by atoms with Crippen LogP contribution < -0.4 is 0 Å². The van der Waals surface area contributed by atoms with Crippen LogP contribution in [0.5, 0.6) is 0 Å². The van der Waals surface area contributed by atoms with Gasteiger partial charge in [0.2, 0.25) is 0 Å². The molecule has 2 aromatic heterocycles. The summed E-state index contributed by atoms with van der Waals surface area (Å²) in [6.45, 7) is 0. The van der Waals surface area contributed by atoms with Gasteiger partial charge >= 0.3 is 0 Å². The number of nitrogens with zero attached hydrogens (tertiary/aromatic N) is 2. The summed E-state index contributed by atoms with van der Waals surface area (Å²) in [4.78, 5) is 7.47. The second-order valence-electron chi connectivity index (χ2n) is 4.10. The van der Waals surface area contributed by atoms with Gasteiger partial charge in [0.05, 0.1) is 12.5 Å². The Balaban J connectivity index is 2.28. The molecule has 0 radical (unpaired) electrons. The van der Waals surface area contributed by atoms with E-state index in [4.69, 9.17) is 5.26 Å². The fourth-order valence-corrected chi connectivity index (χ4v) is 2.20. The number of pyridine rings is 1. The lowest BCUT2D eigenvalue weighted by Gasteiger charge is -2.02. The standard InChI is InChI=1S/C15H11N3/c16-8-6-12-7-9-17-15-14(12)13(10-18-15)11-4-2-1-3-5-11/h1-5,7,9-10H,6H2,(H,17,18). The number of rotatable bonds is 2. The minimum absolute atomic E-state index is 0.400. The van der Waals surface area contributed by atoms with E-state index in [2.05, 4.69) is 28.2 Å². The predicted octanol–water partition coefficient (Wildman–Crippen LogP) is 3.30. The van der Waals surface area contributed by atoms with E-state index in [0.717, 1.165) is 27.7 Å². The smallest absolute Gasteiger partial charge is 0.138 e. The highest BCUT2D eigenvalue weighted by Gasteiger charge is 2.10. The van der Waals surface area contributed by atoms with Crippen LogP contribution >= 0.6 is 0 Å². The number of benzene rings is 1. The molecule has 0 spiro atoms.